The summed E-state index contributed by atoms with van der Waals surface area (Å²) in [5.41, 5.74) is 3.57. The minimum atomic E-state index is -3.24. The Labute approximate surface area is 194 Å². The van der Waals surface area contributed by atoms with Crippen molar-refractivity contribution in [3.05, 3.63) is 71.8 Å². The van der Waals surface area contributed by atoms with Crippen LogP contribution in [0.5, 0.6) is 5.75 Å². The van der Waals surface area contributed by atoms with Crippen LogP contribution in [-0.4, -0.2) is 31.3 Å². The summed E-state index contributed by atoms with van der Waals surface area (Å²) in [6.07, 6.45) is 1.25. The number of hydrogen-bond acceptors (Lipinski definition) is 4. The average molecular weight is 465 g/mol. The predicted octanol–water partition coefficient (Wildman–Crippen LogP) is 4.94. The molecule has 0 spiro atoms. The highest BCUT2D eigenvalue weighted by Gasteiger charge is 2.14. The topological polar surface area (TPSA) is 77.4 Å². The van der Waals surface area contributed by atoms with Gasteiger partial charge in [-0.25, -0.2) is 8.42 Å². The van der Waals surface area contributed by atoms with E-state index in [9.17, 15) is 13.2 Å². The van der Waals surface area contributed by atoms with Crippen LogP contribution >= 0.6 is 0 Å². The van der Waals surface area contributed by atoms with E-state index in [1.54, 1.807) is 24.3 Å². The number of nitrogens with one attached hydrogen (secondary N) is 1. The molecule has 1 N–H and O–H groups in total. The Morgan fingerprint density at radius 2 is 1.61 bits per heavy atom. The van der Waals surface area contributed by atoms with E-state index in [2.05, 4.69) is 22.9 Å². The van der Waals surface area contributed by atoms with Gasteiger partial charge in [0.2, 0.25) is 0 Å². The van der Waals surface area contributed by atoms with Gasteiger partial charge in [0.25, 0.3) is 5.91 Å². The van der Waals surface area contributed by atoms with Crippen LogP contribution in [0.25, 0.3) is 21.8 Å². The summed E-state index contributed by atoms with van der Waals surface area (Å²) < 4.78 is 31.3. The van der Waals surface area contributed by atoms with E-state index in [4.69, 9.17) is 4.74 Å². The van der Waals surface area contributed by atoms with Crippen LogP contribution < -0.4 is 10.1 Å². The first-order valence-corrected chi connectivity index (χ1v) is 12.9. The molecule has 0 bridgehead atoms. The Morgan fingerprint density at radius 3 is 2.21 bits per heavy atom. The molecule has 0 fully saturated rings. The highest BCUT2D eigenvalue weighted by Crippen LogP contribution is 2.32. The second kappa shape index (κ2) is 8.90. The van der Waals surface area contributed by atoms with Gasteiger partial charge in [-0.15, -0.1) is 0 Å². The minimum absolute atomic E-state index is 0.0785. The molecule has 33 heavy (non-hydrogen) atoms. The Kier molecular flexibility index (Phi) is 6.17. The molecule has 0 unspecified atom stereocenters. The molecule has 1 amide bonds. The van der Waals surface area contributed by atoms with E-state index in [0.717, 1.165) is 39.7 Å². The van der Waals surface area contributed by atoms with Gasteiger partial charge in [0.1, 0.15) is 5.75 Å². The van der Waals surface area contributed by atoms with E-state index < -0.39 is 9.84 Å². The maximum atomic E-state index is 12.9. The third-order valence-corrected chi connectivity index (χ3v) is 6.72. The molecule has 0 saturated heterocycles. The quantitative estimate of drug-likeness (QED) is 0.420. The molecule has 3 aromatic carbocycles. The molecule has 0 atom stereocenters. The van der Waals surface area contributed by atoms with Crippen LogP contribution in [0.15, 0.2) is 65.6 Å². The molecule has 0 aliphatic rings. The van der Waals surface area contributed by atoms with Crippen LogP contribution in [0.4, 0.5) is 0 Å². The van der Waals surface area contributed by atoms with Gasteiger partial charge >= 0.3 is 0 Å². The van der Waals surface area contributed by atoms with Gasteiger partial charge in [-0.3, -0.25) is 4.79 Å². The van der Waals surface area contributed by atoms with Gasteiger partial charge in [0.05, 0.1) is 11.0 Å². The van der Waals surface area contributed by atoms with Gasteiger partial charge in [-0.1, -0.05) is 12.1 Å². The van der Waals surface area contributed by atoms with Crippen molar-refractivity contribution in [1.82, 2.24) is 9.88 Å². The predicted molar refractivity (Wildman–Crippen MR) is 132 cm³/mol. The second-order valence-electron chi connectivity index (χ2n) is 8.42. The minimum Gasteiger partial charge on any atom is -0.491 e. The van der Waals surface area contributed by atoms with E-state index >= 15 is 0 Å². The zero-order valence-electron chi connectivity index (χ0n) is 19.3. The number of aromatic nitrogens is 1. The fourth-order valence-electron chi connectivity index (χ4n) is 4.05. The molecular formula is C26H28N2O4S. The SMILES string of the molecule is CCn1c2ccc(OC(C)C)cc2c2cc(C(=O)NCc3ccc(S(C)(=O)=O)cc3)ccc21. The zero-order chi connectivity index (χ0) is 23.8. The number of fused-ring (bicyclic) bond motifs is 3. The monoisotopic (exact) mass is 464 g/mol. The van der Waals surface area contributed by atoms with Crippen molar-refractivity contribution in [2.24, 2.45) is 0 Å². The number of rotatable bonds is 7. The van der Waals surface area contributed by atoms with Crippen LogP contribution in [0, 0.1) is 0 Å². The number of benzene rings is 3. The number of carbonyl (C=O) groups excluding carboxylic acids is 1. The molecule has 1 heterocycles. The molecule has 172 valence electrons. The lowest BCUT2D eigenvalue weighted by Gasteiger charge is -2.10. The number of sulfone groups is 1. The molecule has 4 rings (SSSR count). The average Bonchev–Trinajstić information content (AvgIpc) is 3.09. The molecule has 4 aromatic rings. The molecule has 7 heteroatoms. The fraction of sp³-hybridized carbons (Fsp3) is 0.269. The molecule has 6 nitrogen and oxygen atoms in total. The molecule has 0 saturated carbocycles. The number of amides is 1. The summed E-state index contributed by atoms with van der Waals surface area (Å²) in [6, 6.07) is 18.4. The molecule has 0 aliphatic carbocycles. The normalized spacial score (nSPS) is 11.9. The molecule has 0 radical (unpaired) electrons. The maximum absolute atomic E-state index is 12.9. The second-order valence-corrected chi connectivity index (χ2v) is 10.4. The van der Waals surface area contributed by atoms with Crippen molar-refractivity contribution in [1.29, 1.82) is 0 Å². The summed E-state index contributed by atoms with van der Waals surface area (Å²) in [4.78, 5) is 13.1. The van der Waals surface area contributed by atoms with Crippen molar-refractivity contribution in [3.8, 4) is 5.75 Å². The van der Waals surface area contributed by atoms with Crippen LogP contribution in [-0.2, 0) is 22.9 Å². The Bertz CT molecular complexity index is 1430. The van der Waals surface area contributed by atoms with Crippen LogP contribution in [0.3, 0.4) is 0 Å². The fourth-order valence-corrected chi connectivity index (χ4v) is 4.68. The molecule has 1 aromatic heterocycles. The first-order valence-electron chi connectivity index (χ1n) is 11.0. The van der Waals surface area contributed by atoms with Gasteiger partial charge in [0.15, 0.2) is 9.84 Å². The Morgan fingerprint density at radius 1 is 0.970 bits per heavy atom. The highest BCUT2D eigenvalue weighted by molar-refractivity contribution is 7.90. The van der Waals surface area contributed by atoms with Crippen molar-refractivity contribution >= 4 is 37.6 Å². The number of carbonyl (C=O) groups is 1. The highest BCUT2D eigenvalue weighted by atomic mass is 32.2. The smallest absolute Gasteiger partial charge is 0.251 e. The van der Waals surface area contributed by atoms with Crippen molar-refractivity contribution in [2.75, 3.05) is 6.26 Å². The summed E-state index contributed by atoms with van der Waals surface area (Å²) >= 11 is 0. The number of aryl methyl sites for hydroxylation is 1. The summed E-state index contributed by atoms with van der Waals surface area (Å²) in [7, 11) is -3.24. The number of ether oxygens (including phenoxy) is 1. The Balaban J connectivity index is 1.62. The summed E-state index contributed by atoms with van der Waals surface area (Å²) in [6.45, 7) is 7.23. The first-order chi connectivity index (χ1) is 15.7. The number of nitrogens with zero attached hydrogens (tertiary/aromatic N) is 1. The molecule has 0 aliphatic heterocycles. The van der Waals surface area contributed by atoms with E-state index in [0.29, 0.717) is 12.1 Å². The maximum Gasteiger partial charge on any atom is 0.251 e. The van der Waals surface area contributed by atoms with Gasteiger partial charge in [0, 0.05) is 46.7 Å². The number of hydrogen-bond donors (Lipinski definition) is 1. The lowest BCUT2D eigenvalue weighted by Crippen LogP contribution is -2.22. The standard InChI is InChI=1S/C26H28N2O4S/c1-5-28-24-12-8-19(14-22(24)23-15-20(32-17(2)3)9-13-25(23)28)26(29)27-16-18-6-10-21(11-7-18)33(4,30)31/h6-15,17H,5,16H2,1-4H3,(H,27,29). The third-order valence-electron chi connectivity index (χ3n) is 5.59. The molecular weight excluding hydrogens is 436 g/mol. The Hall–Kier alpha value is -3.32. The van der Waals surface area contributed by atoms with Crippen LogP contribution in [0.2, 0.25) is 0 Å². The van der Waals surface area contributed by atoms with E-state index in [1.165, 1.54) is 6.26 Å². The summed E-state index contributed by atoms with van der Waals surface area (Å²) in [5, 5.41) is 4.98. The van der Waals surface area contributed by atoms with Crippen molar-refractivity contribution in [3.63, 3.8) is 0 Å². The van der Waals surface area contributed by atoms with Gasteiger partial charge in [-0.2, -0.15) is 0 Å². The third kappa shape index (κ3) is 4.73. The van der Waals surface area contributed by atoms with Gasteiger partial charge in [-0.05, 0) is 74.9 Å². The lowest BCUT2D eigenvalue weighted by atomic mass is 10.1. The van der Waals surface area contributed by atoms with Crippen LogP contribution in [0.1, 0.15) is 36.7 Å². The zero-order valence-corrected chi connectivity index (χ0v) is 20.1. The lowest BCUT2D eigenvalue weighted by molar-refractivity contribution is 0.0951. The largest absolute Gasteiger partial charge is 0.491 e. The van der Waals surface area contributed by atoms with E-state index in [1.807, 2.05) is 44.2 Å². The van der Waals surface area contributed by atoms with E-state index in [-0.39, 0.29) is 16.9 Å². The first kappa shape index (κ1) is 22.9. The van der Waals surface area contributed by atoms with Crippen molar-refractivity contribution < 1.29 is 17.9 Å². The summed E-state index contributed by atoms with van der Waals surface area (Å²) in [5.74, 6) is 0.621. The van der Waals surface area contributed by atoms with Gasteiger partial charge < -0.3 is 14.6 Å². The van der Waals surface area contributed by atoms with Crippen molar-refractivity contribution in [2.45, 2.75) is 44.9 Å².